The van der Waals surface area contributed by atoms with Gasteiger partial charge in [-0.3, -0.25) is 0 Å². The van der Waals surface area contributed by atoms with Crippen molar-refractivity contribution in [2.75, 3.05) is 6.54 Å². The third-order valence-electron chi connectivity index (χ3n) is 5.25. The van der Waals surface area contributed by atoms with E-state index >= 15 is 0 Å². The summed E-state index contributed by atoms with van der Waals surface area (Å²) < 4.78 is 0. The Morgan fingerprint density at radius 2 is 1.50 bits per heavy atom. The number of hydrogen-bond acceptors (Lipinski definition) is 1. The van der Waals surface area contributed by atoms with E-state index in [1.54, 1.807) is 0 Å². The lowest BCUT2D eigenvalue weighted by Crippen LogP contribution is -2.52. The second-order valence-corrected chi connectivity index (χ2v) is 6.10. The zero-order valence-corrected chi connectivity index (χ0v) is 11.3. The van der Waals surface area contributed by atoms with Gasteiger partial charge in [-0.1, -0.05) is 46.0 Å². The largest absolute Gasteiger partial charge is 0.311 e. The SMILES string of the molecule is CCCC1(CCC)NCCC12CCCCC2. The number of nitrogens with one attached hydrogen (secondary N) is 1. The van der Waals surface area contributed by atoms with Gasteiger partial charge in [-0.15, -0.1) is 0 Å². The first-order valence-corrected chi connectivity index (χ1v) is 7.54. The van der Waals surface area contributed by atoms with E-state index in [9.17, 15) is 0 Å². The fourth-order valence-corrected chi connectivity index (χ4v) is 4.61. The Morgan fingerprint density at radius 3 is 2.06 bits per heavy atom. The van der Waals surface area contributed by atoms with E-state index in [-0.39, 0.29) is 0 Å². The molecule has 1 aliphatic heterocycles. The first kappa shape index (κ1) is 12.4. The first-order valence-electron chi connectivity index (χ1n) is 7.54. The zero-order valence-electron chi connectivity index (χ0n) is 11.3. The highest BCUT2D eigenvalue weighted by Crippen LogP contribution is 2.54. The lowest BCUT2D eigenvalue weighted by atomic mass is 9.59. The minimum atomic E-state index is 0.511. The molecule has 0 aromatic heterocycles. The van der Waals surface area contributed by atoms with Gasteiger partial charge in [-0.05, 0) is 44.1 Å². The first-order chi connectivity index (χ1) is 7.79. The summed E-state index contributed by atoms with van der Waals surface area (Å²) in [5, 5.41) is 3.93. The Labute approximate surface area is 101 Å². The molecular formula is C15H29N. The minimum Gasteiger partial charge on any atom is -0.311 e. The molecule has 1 nitrogen and oxygen atoms in total. The molecule has 1 aliphatic carbocycles. The molecule has 1 heterocycles. The van der Waals surface area contributed by atoms with E-state index in [1.807, 2.05) is 0 Å². The van der Waals surface area contributed by atoms with E-state index in [2.05, 4.69) is 19.2 Å². The van der Waals surface area contributed by atoms with E-state index in [0.717, 1.165) is 0 Å². The molecule has 0 aromatic rings. The van der Waals surface area contributed by atoms with Crippen LogP contribution in [0.2, 0.25) is 0 Å². The quantitative estimate of drug-likeness (QED) is 0.750. The Hall–Kier alpha value is -0.0400. The van der Waals surface area contributed by atoms with Gasteiger partial charge in [0.2, 0.25) is 0 Å². The Bertz CT molecular complexity index is 209. The van der Waals surface area contributed by atoms with Crippen molar-refractivity contribution in [1.82, 2.24) is 5.32 Å². The topological polar surface area (TPSA) is 12.0 Å². The molecule has 2 rings (SSSR count). The fraction of sp³-hybridized carbons (Fsp3) is 1.00. The lowest BCUT2D eigenvalue weighted by molar-refractivity contribution is 0.0662. The smallest absolute Gasteiger partial charge is 0.0238 e. The average molecular weight is 223 g/mol. The summed E-state index contributed by atoms with van der Waals surface area (Å²) in [6.07, 6.45) is 14.4. The van der Waals surface area contributed by atoms with Crippen LogP contribution < -0.4 is 5.32 Å². The molecule has 0 bridgehead atoms. The molecule has 94 valence electrons. The van der Waals surface area contributed by atoms with Crippen LogP contribution in [0.5, 0.6) is 0 Å². The van der Waals surface area contributed by atoms with Crippen molar-refractivity contribution >= 4 is 0 Å². The normalized spacial score (nSPS) is 27.4. The van der Waals surface area contributed by atoms with Gasteiger partial charge in [0.1, 0.15) is 0 Å². The standard InChI is InChI=1S/C15H29N/c1-3-8-15(9-4-2)14(12-13-16-15)10-6-5-7-11-14/h16H,3-13H2,1-2H3. The molecule has 0 radical (unpaired) electrons. The maximum Gasteiger partial charge on any atom is 0.0238 e. The summed E-state index contributed by atoms with van der Waals surface area (Å²) in [6, 6.07) is 0. The van der Waals surface area contributed by atoms with Crippen LogP contribution in [0.4, 0.5) is 0 Å². The summed E-state index contributed by atoms with van der Waals surface area (Å²) in [4.78, 5) is 0. The number of hydrogen-bond donors (Lipinski definition) is 1. The van der Waals surface area contributed by atoms with Crippen molar-refractivity contribution in [1.29, 1.82) is 0 Å². The molecule has 2 fully saturated rings. The third-order valence-corrected chi connectivity index (χ3v) is 5.25. The van der Waals surface area contributed by atoms with Crippen LogP contribution in [-0.2, 0) is 0 Å². The predicted octanol–water partition coefficient (Wildman–Crippen LogP) is 4.27. The van der Waals surface area contributed by atoms with Crippen LogP contribution in [0.25, 0.3) is 0 Å². The maximum absolute atomic E-state index is 3.93. The molecule has 1 saturated carbocycles. The maximum atomic E-state index is 3.93. The molecule has 1 heteroatoms. The van der Waals surface area contributed by atoms with Gasteiger partial charge in [-0.25, -0.2) is 0 Å². The highest BCUT2D eigenvalue weighted by Gasteiger charge is 2.52. The van der Waals surface area contributed by atoms with Crippen LogP contribution in [0.1, 0.15) is 78.1 Å². The zero-order chi connectivity index (χ0) is 11.5. The molecule has 1 N–H and O–H groups in total. The van der Waals surface area contributed by atoms with Crippen LogP contribution in [0, 0.1) is 5.41 Å². The molecule has 1 spiro atoms. The Kier molecular flexibility index (Phi) is 3.94. The van der Waals surface area contributed by atoms with Gasteiger partial charge in [0.25, 0.3) is 0 Å². The predicted molar refractivity (Wildman–Crippen MR) is 70.7 cm³/mol. The van der Waals surface area contributed by atoms with Crippen molar-refractivity contribution < 1.29 is 0 Å². The lowest BCUT2D eigenvalue weighted by Gasteiger charge is -2.49. The second-order valence-electron chi connectivity index (χ2n) is 6.10. The minimum absolute atomic E-state index is 0.511. The van der Waals surface area contributed by atoms with E-state index in [0.29, 0.717) is 11.0 Å². The van der Waals surface area contributed by atoms with Crippen molar-refractivity contribution in [2.45, 2.75) is 83.6 Å². The van der Waals surface area contributed by atoms with Gasteiger partial charge in [0.05, 0.1) is 0 Å². The molecule has 0 atom stereocenters. The monoisotopic (exact) mass is 223 g/mol. The molecule has 0 aromatic carbocycles. The summed E-state index contributed by atoms with van der Waals surface area (Å²) >= 11 is 0. The molecule has 2 aliphatic rings. The summed E-state index contributed by atoms with van der Waals surface area (Å²) in [7, 11) is 0. The number of rotatable bonds is 4. The summed E-state index contributed by atoms with van der Waals surface area (Å²) in [5.74, 6) is 0. The van der Waals surface area contributed by atoms with Crippen LogP contribution in [-0.4, -0.2) is 12.1 Å². The molecule has 16 heavy (non-hydrogen) atoms. The van der Waals surface area contributed by atoms with Gasteiger partial charge < -0.3 is 5.32 Å². The highest BCUT2D eigenvalue weighted by atomic mass is 15.0. The molecule has 1 saturated heterocycles. The average Bonchev–Trinajstić information content (AvgIpc) is 2.60. The Morgan fingerprint density at radius 1 is 0.875 bits per heavy atom. The fourth-order valence-electron chi connectivity index (χ4n) is 4.61. The van der Waals surface area contributed by atoms with Crippen molar-refractivity contribution in [3.05, 3.63) is 0 Å². The second kappa shape index (κ2) is 5.08. The van der Waals surface area contributed by atoms with Crippen LogP contribution in [0.3, 0.4) is 0 Å². The molecular weight excluding hydrogens is 194 g/mol. The van der Waals surface area contributed by atoms with Crippen molar-refractivity contribution in [3.8, 4) is 0 Å². The Balaban J connectivity index is 2.19. The molecule has 0 amide bonds. The van der Waals surface area contributed by atoms with E-state index < -0.39 is 0 Å². The summed E-state index contributed by atoms with van der Waals surface area (Å²) in [6.45, 7) is 5.99. The molecule has 0 unspecified atom stereocenters. The highest BCUT2D eigenvalue weighted by molar-refractivity contribution is 5.09. The third kappa shape index (κ3) is 1.92. The van der Waals surface area contributed by atoms with Crippen LogP contribution >= 0.6 is 0 Å². The van der Waals surface area contributed by atoms with Crippen molar-refractivity contribution in [2.24, 2.45) is 5.41 Å². The van der Waals surface area contributed by atoms with Gasteiger partial charge in [0, 0.05) is 5.54 Å². The van der Waals surface area contributed by atoms with Gasteiger partial charge >= 0.3 is 0 Å². The van der Waals surface area contributed by atoms with Gasteiger partial charge in [-0.2, -0.15) is 0 Å². The van der Waals surface area contributed by atoms with E-state index in [1.165, 1.54) is 70.8 Å². The van der Waals surface area contributed by atoms with Gasteiger partial charge in [0.15, 0.2) is 0 Å². The summed E-state index contributed by atoms with van der Waals surface area (Å²) in [5.41, 5.74) is 1.19. The van der Waals surface area contributed by atoms with E-state index in [4.69, 9.17) is 0 Å². The van der Waals surface area contributed by atoms with Crippen LogP contribution in [0.15, 0.2) is 0 Å². The van der Waals surface area contributed by atoms with Crippen molar-refractivity contribution in [3.63, 3.8) is 0 Å².